The number of benzene rings is 1. The van der Waals surface area contributed by atoms with E-state index in [-0.39, 0.29) is 13.0 Å². The van der Waals surface area contributed by atoms with Gasteiger partial charge in [-0.25, -0.2) is 0 Å². The molecule has 1 aromatic rings. The van der Waals surface area contributed by atoms with Gasteiger partial charge in [-0.15, -0.1) is 0 Å². The number of hydrogen-bond donors (Lipinski definition) is 1. The van der Waals surface area contributed by atoms with Crippen LogP contribution in [0.5, 0.6) is 0 Å². The zero-order chi connectivity index (χ0) is 16.4. The average Bonchev–Trinajstić information content (AvgIpc) is 2.53. The van der Waals surface area contributed by atoms with Crippen molar-refractivity contribution in [2.75, 3.05) is 6.61 Å². The van der Waals surface area contributed by atoms with Crippen LogP contribution in [0.4, 0.5) is 4.39 Å². The number of unbranched alkanes of at least 4 members (excludes halogenated alkanes) is 1. The molecule has 0 fully saturated rings. The minimum atomic E-state index is -2.24. The van der Waals surface area contributed by atoms with Gasteiger partial charge in [0.05, 0.1) is 0 Å². The van der Waals surface area contributed by atoms with E-state index in [9.17, 15) is 9.90 Å². The molecule has 2 atom stereocenters. The number of aliphatic hydroxyl groups is 1. The normalized spacial score (nSPS) is 15.1. The van der Waals surface area contributed by atoms with Crippen molar-refractivity contribution in [3.8, 4) is 0 Å². The molecule has 1 N–H and O–H groups in total. The van der Waals surface area contributed by atoms with E-state index in [2.05, 4.69) is 0 Å². The first-order valence-electron chi connectivity index (χ1n) is 7.76. The Morgan fingerprint density at radius 3 is 2.64 bits per heavy atom. The molecule has 3 nitrogen and oxygen atoms in total. The number of rotatable bonds is 10. The Bertz CT molecular complexity index is 441. The molecule has 0 aliphatic carbocycles. The number of aryl methyl sites for hydroxylation is 1. The molecule has 0 spiro atoms. The summed E-state index contributed by atoms with van der Waals surface area (Å²) in [5.74, 6) is -0.910. The number of hydrogen-bond acceptors (Lipinski definition) is 3. The Morgan fingerprint density at radius 1 is 1.36 bits per heavy atom. The summed E-state index contributed by atoms with van der Waals surface area (Å²) in [7, 11) is 0. The Labute approximate surface area is 138 Å². The molecule has 0 heterocycles. The van der Waals surface area contributed by atoms with Crippen molar-refractivity contribution in [2.45, 2.75) is 55.5 Å². The molecule has 1 aromatic carbocycles. The van der Waals surface area contributed by atoms with E-state index in [1.165, 1.54) is 0 Å². The monoisotopic (exact) mass is 376 g/mol. The van der Waals surface area contributed by atoms with Gasteiger partial charge in [-0.3, -0.25) is 0 Å². The summed E-state index contributed by atoms with van der Waals surface area (Å²) in [6.07, 6.45) is 1.24. The van der Waals surface area contributed by atoms with Crippen molar-refractivity contribution in [1.29, 1.82) is 0 Å². The number of carbonyl (C=O) groups excluding carboxylic acids is 1. The van der Waals surface area contributed by atoms with Crippen molar-refractivity contribution in [1.82, 2.24) is 0 Å². The van der Waals surface area contributed by atoms with E-state index in [1.54, 1.807) is 6.92 Å². The van der Waals surface area contributed by atoms with Gasteiger partial charge in [0.1, 0.15) is 0 Å². The van der Waals surface area contributed by atoms with E-state index < -0.39 is 31.6 Å². The molecule has 0 bridgehead atoms. The second-order valence-corrected chi connectivity index (χ2v) is 7.82. The van der Waals surface area contributed by atoms with Crippen LogP contribution in [0.15, 0.2) is 30.3 Å². The molecular formula is C17H25FO3Se. The third-order valence-electron chi connectivity index (χ3n) is 3.34. The molecule has 124 valence electrons. The number of alkyl halides is 1. The molecule has 5 heteroatoms. The zero-order valence-electron chi connectivity index (χ0n) is 13.3. The van der Waals surface area contributed by atoms with Gasteiger partial charge in [-0.2, -0.15) is 0 Å². The van der Waals surface area contributed by atoms with Crippen LogP contribution < -0.4 is 0 Å². The maximum absolute atomic E-state index is 15.1. The first kappa shape index (κ1) is 19.1. The van der Waals surface area contributed by atoms with Crippen LogP contribution in [-0.2, 0) is 16.0 Å². The van der Waals surface area contributed by atoms with Gasteiger partial charge in [0.2, 0.25) is 0 Å². The SMILES string of the molecule is CCCC[Se][C@](F)(C(=O)OCC)[C@@H](O)CCc1ccccc1. The third kappa shape index (κ3) is 5.71. The molecule has 0 aliphatic heterocycles. The molecule has 0 saturated carbocycles. The quantitative estimate of drug-likeness (QED) is 0.388. The van der Waals surface area contributed by atoms with Crippen LogP contribution in [-0.4, -0.2) is 43.3 Å². The van der Waals surface area contributed by atoms with Crippen molar-refractivity contribution >= 4 is 20.9 Å². The molecule has 0 radical (unpaired) electrons. The van der Waals surface area contributed by atoms with Gasteiger partial charge in [-0.1, -0.05) is 0 Å². The van der Waals surface area contributed by atoms with Crippen molar-refractivity contribution in [3.05, 3.63) is 35.9 Å². The third-order valence-corrected chi connectivity index (χ3v) is 6.18. The Kier molecular flexibility index (Phi) is 8.69. The number of halogens is 1. The predicted octanol–water partition coefficient (Wildman–Crippen LogP) is 3.13. The van der Waals surface area contributed by atoms with E-state index in [0.717, 1.165) is 18.4 Å². The van der Waals surface area contributed by atoms with Gasteiger partial charge in [0, 0.05) is 0 Å². The second kappa shape index (κ2) is 9.98. The topological polar surface area (TPSA) is 46.5 Å². The molecule has 1 rings (SSSR count). The van der Waals surface area contributed by atoms with E-state index in [0.29, 0.717) is 11.7 Å². The summed E-state index contributed by atoms with van der Waals surface area (Å²) in [5, 5.41) is 10.9. The summed E-state index contributed by atoms with van der Waals surface area (Å²) >= 11 is -0.620. The van der Waals surface area contributed by atoms with Crippen LogP contribution >= 0.6 is 0 Å². The summed E-state index contributed by atoms with van der Waals surface area (Å²) in [6.45, 7) is 3.79. The molecule has 0 aliphatic rings. The fraction of sp³-hybridized carbons (Fsp3) is 0.588. The first-order valence-corrected chi connectivity index (χ1v) is 9.83. The molecule has 0 aromatic heterocycles. The minimum absolute atomic E-state index is 0.125. The van der Waals surface area contributed by atoms with Crippen LogP contribution in [0, 0.1) is 0 Å². The average molecular weight is 375 g/mol. The van der Waals surface area contributed by atoms with Crippen LogP contribution in [0.3, 0.4) is 0 Å². The molecule has 22 heavy (non-hydrogen) atoms. The number of carbonyl (C=O) groups is 1. The van der Waals surface area contributed by atoms with E-state index in [1.807, 2.05) is 37.3 Å². The van der Waals surface area contributed by atoms with Crippen LogP contribution in [0.2, 0.25) is 5.32 Å². The molecule has 0 unspecified atom stereocenters. The molecule has 0 amide bonds. The standard InChI is InChI=1S/C17H25FO3Se/c1-3-5-13-22-17(18,16(20)21-4-2)15(19)12-11-14-9-7-6-8-10-14/h6-10,15,19H,3-5,11-13H2,1-2H3/t15-,17-/m0/s1. The van der Waals surface area contributed by atoms with E-state index >= 15 is 4.39 Å². The maximum atomic E-state index is 15.1. The van der Waals surface area contributed by atoms with Gasteiger partial charge < -0.3 is 0 Å². The van der Waals surface area contributed by atoms with Crippen molar-refractivity contribution in [3.63, 3.8) is 0 Å². The van der Waals surface area contributed by atoms with Gasteiger partial charge in [0.25, 0.3) is 0 Å². The number of ether oxygens (including phenoxy) is 1. The Hall–Kier alpha value is -0.901. The van der Waals surface area contributed by atoms with Gasteiger partial charge in [-0.05, 0) is 0 Å². The van der Waals surface area contributed by atoms with Crippen LogP contribution in [0.25, 0.3) is 0 Å². The molecular weight excluding hydrogens is 350 g/mol. The number of esters is 1. The second-order valence-electron chi connectivity index (χ2n) is 5.11. The molecule has 0 saturated heterocycles. The fourth-order valence-electron chi connectivity index (χ4n) is 2.02. The summed E-state index contributed by atoms with van der Waals surface area (Å²) in [6, 6.07) is 9.58. The van der Waals surface area contributed by atoms with Gasteiger partial charge in [0.15, 0.2) is 0 Å². The zero-order valence-corrected chi connectivity index (χ0v) is 15.0. The van der Waals surface area contributed by atoms with Crippen LogP contribution in [0.1, 0.15) is 38.7 Å². The fourth-order valence-corrected chi connectivity index (χ4v) is 4.57. The van der Waals surface area contributed by atoms with Crippen molar-refractivity contribution in [2.24, 2.45) is 0 Å². The van der Waals surface area contributed by atoms with E-state index in [4.69, 9.17) is 4.74 Å². The summed E-state index contributed by atoms with van der Waals surface area (Å²) in [5.41, 5.74) is 1.02. The van der Waals surface area contributed by atoms with Crippen molar-refractivity contribution < 1.29 is 19.0 Å². The van der Waals surface area contributed by atoms with Gasteiger partial charge >= 0.3 is 138 Å². The summed E-state index contributed by atoms with van der Waals surface area (Å²) < 4.78 is 17.7. The first-order chi connectivity index (χ1) is 10.5. The Balaban J connectivity index is 2.69. The Morgan fingerprint density at radius 2 is 2.05 bits per heavy atom. The predicted molar refractivity (Wildman–Crippen MR) is 86.7 cm³/mol. The number of aliphatic hydroxyl groups excluding tert-OH is 1. The summed E-state index contributed by atoms with van der Waals surface area (Å²) in [4.78, 5) is 12.0.